The molecule has 1 aromatic rings. The first-order valence-corrected chi connectivity index (χ1v) is 7.03. The Labute approximate surface area is 117 Å². The van der Waals surface area contributed by atoms with Crippen LogP contribution in [0.5, 0.6) is 0 Å². The maximum absolute atomic E-state index is 12.1. The molecule has 0 aromatic carbocycles. The Kier molecular flexibility index (Phi) is 5.56. The zero-order valence-corrected chi connectivity index (χ0v) is 12.7. The van der Waals surface area contributed by atoms with Crippen molar-refractivity contribution in [1.82, 2.24) is 10.3 Å². The molecular weight excluding hydrogens is 264 g/mol. The third-order valence-corrected chi connectivity index (χ3v) is 3.37. The van der Waals surface area contributed by atoms with Gasteiger partial charge in [0.05, 0.1) is 12.1 Å². The average Bonchev–Trinajstić information content (AvgIpc) is 2.67. The Morgan fingerprint density at radius 3 is 2.79 bits per heavy atom. The van der Waals surface area contributed by atoms with E-state index in [-0.39, 0.29) is 11.7 Å². The lowest BCUT2D eigenvalue weighted by Crippen LogP contribution is -2.46. The van der Waals surface area contributed by atoms with E-state index in [2.05, 4.69) is 22.5 Å². The van der Waals surface area contributed by atoms with Crippen molar-refractivity contribution in [2.24, 2.45) is 0 Å². The predicted molar refractivity (Wildman–Crippen MR) is 78.7 cm³/mol. The first kappa shape index (κ1) is 15.7. The third-order valence-electron chi connectivity index (χ3n) is 2.34. The van der Waals surface area contributed by atoms with Gasteiger partial charge in [-0.3, -0.25) is 4.79 Å². The fourth-order valence-electron chi connectivity index (χ4n) is 1.56. The summed E-state index contributed by atoms with van der Waals surface area (Å²) in [5, 5.41) is 6.68. The summed E-state index contributed by atoms with van der Waals surface area (Å²) in [6, 6.07) is 0. The van der Waals surface area contributed by atoms with Gasteiger partial charge in [-0.2, -0.15) is 0 Å². The Hall–Kier alpha value is -1.34. The zero-order valence-electron chi connectivity index (χ0n) is 11.9. The lowest BCUT2D eigenvalue weighted by molar-refractivity contribution is 0.0824. The van der Waals surface area contributed by atoms with E-state index >= 15 is 0 Å². The first-order valence-electron chi connectivity index (χ1n) is 6.21. The minimum Gasteiger partial charge on any atom is -0.382 e. The van der Waals surface area contributed by atoms with Crippen molar-refractivity contribution in [2.75, 3.05) is 31.3 Å². The highest BCUT2D eigenvalue weighted by Crippen LogP contribution is 2.25. The number of carbonyl (C=O) groups excluding carboxylic acids is 1. The van der Waals surface area contributed by atoms with Crippen molar-refractivity contribution in [3.63, 3.8) is 0 Å². The van der Waals surface area contributed by atoms with Crippen LogP contribution in [0.4, 0.5) is 10.9 Å². The first-order chi connectivity index (χ1) is 8.89. The van der Waals surface area contributed by atoms with Crippen LogP contribution in [0.15, 0.2) is 0 Å². The quantitative estimate of drug-likeness (QED) is 0.710. The molecule has 0 unspecified atom stereocenters. The van der Waals surface area contributed by atoms with Gasteiger partial charge in [-0.15, -0.1) is 0 Å². The van der Waals surface area contributed by atoms with Crippen molar-refractivity contribution in [1.29, 1.82) is 0 Å². The van der Waals surface area contributed by atoms with Gasteiger partial charge in [-0.1, -0.05) is 18.3 Å². The monoisotopic (exact) mass is 286 g/mol. The molecule has 1 aromatic heterocycles. The number of carbonyl (C=O) groups is 1. The number of anilines is 2. The van der Waals surface area contributed by atoms with Gasteiger partial charge in [0.2, 0.25) is 0 Å². The summed E-state index contributed by atoms with van der Waals surface area (Å²) in [6.07, 6.45) is 0.988. The highest BCUT2D eigenvalue weighted by atomic mass is 32.1. The molecule has 4 N–H and O–H groups in total. The van der Waals surface area contributed by atoms with E-state index in [1.807, 2.05) is 13.8 Å². The van der Waals surface area contributed by atoms with Crippen molar-refractivity contribution < 1.29 is 9.53 Å². The van der Waals surface area contributed by atoms with Crippen LogP contribution in [0.1, 0.15) is 36.9 Å². The number of nitrogens with two attached hydrogens (primary N) is 1. The third kappa shape index (κ3) is 4.68. The van der Waals surface area contributed by atoms with E-state index in [1.54, 1.807) is 7.11 Å². The zero-order chi connectivity index (χ0) is 14.5. The van der Waals surface area contributed by atoms with Crippen molar-refractivity contribution >= 4 is 28.2 Å². The van der Waals surface area contributed by atoms with E-state index in [9.17, 15) is 4.79 Å². The number of nitrogen functional groups attached to an aromatic ring is 1. The lowest BCUT2D eigenvalue weighted by atomic mass is 10.1. The SMILES string of the molecule is CCCNc1nc(N)c(C(=O)NC(C)(C)COC)s1. The molecule has 0 aliphatic rings. The van der Waals surface area contributed by atoms with Crippen molar-refractivity contribution in [2.45, 2.75) is 32.7 Å². The summed E-state index contributed by atoms with van der Waals surface area (Å²) in [7, 11) is 1.60. The normalized spacial score (nSPS) is 11.4. The molecule has 108 valence electrons. The number of hydrogen-bond acceptors (Lipinski definition) is 6. The number of rotatable bonds is 7. The molecule has 0 aliphatic carbocycles. The highest BCUT2D eigenvalue weighted by Gasteiger charge is 2.24. The summed E-state index contributed by atoms with van der Waals surface area (Å²) in [5.74, 6) is 0.0379. The molecule has 0 spiro atoms. The van der Waals surface area contributed by atoms with Crippen molar-refractivity contribution in [3.8, 4) is 0 Å². The van der Waals surface area contributed by atoms with E-state index in [0.717, 1.165) is 13.0 Å². The molecular formula is C12H22N4O2S. The molecule has 1 amide bonds. The van der Waals surface area contributed by atoms with Crippen LogP contribution in [0.25, 0.3) is 0 Å². The van der Waals surface area contributed by atoms with Crippen molar-refractivity contribution in [3.05, 3.63) is 4.88 Å². The lowest BCUT2D eigenvalue weighted by Gasteiger charge is -2.24. The summed E-state index contributed by atoms with van der Waals surface area (Å²) < 4.78 is 5.06. The van der Waals surface area contributed by atoms with Gasteiger partial charge in [0.1, 0.15) is 10.7 Å². The summed E-state index contributed by atoms with van der Waals surface area (Å²) in [5.41, 5.74) is 5.33. The molecule has 0 saturated carbocycles. The van der Waals surface area contributed by atoms with Gasteiger partial charge in [0, 0.05) is 13.7 Å². The van der Waals surface area contributed by atoms with Crippen LogP contribution >= 0.6 is 11.3 Å². The van der Waals surface area contributed by atoms with Crippen LogP contribution in [0, 0.1) is 0 Å². The predicted octanol–water partition coefficient (Wildman–Crippen LogP) is 1.70. The Bertz CT molecular complexity index is 431. The molecule has 0 aliphatic heterocycles. The number of amides is 1. The molecule has 6 nitrogen and oxygen atoms in total. The van der Waals surface area contributed by atoms with Gasteiger partial charge in [0.25, 0.3) is 5.91 Å². The fraction of sp³-hybridized carbons (Fsp3) is 0.667. The summed E-state index contributed by atoms with van der Waals surface area (Å²) in [4.78, 5) is 16.7. The molecule has 0 fully saturated rings. The van der Waals surface area contributed by atoms with Gasteiger partial charge < -0.3 is 21.1 Å². The minimum atomic E-state index is -0.445. The Morgan fingerprint density at radius 1 is 1.53 bits per heavy atom. The number of nitrogens with zero attached hydrogens (tertiary/aromatic N) is 1. The second-order valence-corrected chi connectivity index (χ2v) is 5.93. The van der Waals surface area contributed by atoms with Crippen LogP contribution in [0.2, 0.25) is 0 Å². The second-order valence-electron chi connectivity index (χ2n) is 4.93. The summed E-state index contributed by atoms with van der Waals surface area (Å²) in [6.45, 7) is 7.08. The van der Waals surface area contributed by atoms with Crippen LogP contribution in [-0.2, 0) is 4.74 Å². The molecule has 0 saturated heterocycles. The molecule has 0 atom stereocenters. The van der Waals surface area contributed by atoms with Crippen LogP contribution in [0.3, 0.4) is 0 Å². The maximum atomic E-state index is 12.1. The maximum Gasteiger partial charge on any atom is 0.265 e. The van der Waals surface area contributed by atoms with E-state index in [1.165, 1.54) is 11.3 Å². The smallest absolute Gasteiger partial charge is 0.265 e. The number of hydrogen-bond donors (Lipinski definition) is 3. The van der Waals surface area contributed by atoms with Gasteiger partial charge in [-0.05, 0) is 20.3 Å². The average molecular weight is 286 g/mol. The van der Waals surface area contributed by atoms with Gasteiger partial charge >= 0.3 is 0 Å². The van der Waals surface area contributed by atoms with E-state index < -0.39 is 5.54 Å². The number of methoxy groups -OCH3 is 1. The van der Waals surface area contributed by atoms with Crippen LogP contribution < -0.4 is 16.4 Å². The number of thiazole rings is 1. The number of nitrogens with one attached hydrogen (secondary N) is 2. The summed E-state index contributed by atoms with van der Waals surface area (Å²) >= 11 is 1.27. The molecule has 19 heavy (non-hydrogen) atoms. The fourth-order valence-corrected chi connectivity index (χ4v) is 2.37. The molecule has 0 radical (unpaired) electrons. The Morgan fingerprint density at radius 2 is 2.21 bits per heavy atom. The van der Waals surface area contributed by atoms with Crippen LogP contribution in [-0.4, -0.2) is 36.7 Å². The van der Waals surface area contributed by atoms with Gasteiger partial charge in [0.15, 0.2) is 5.13 Å². The number of aromatic nitrogens is 1. The topological polar surface area (TPSA) is 89.3 Å². The van der Waals surface area contributed by atoms with E-state index in [4.69, 9.17) is 10.5 Å². The standard InChI is InChI=1S/C12H22N4O2S/c1-5-6-14-11-15-9(13)8(19-11)10(17)16-12(2,3)7-18-4/h5-7,13H2,1-4H3,(H,14,15)(H,16,17). The van der Waals surface area contributed by atoms with E-state index in [0.29, 0.717) is 16.6 Å². The second kappa shape index (κ2) is 6.72. The molecule has 0 bridgehead atoms. The van der Waals surface area contributed by atoms with Gasteiger partial charge in [-0.25, -0.2) is 4.98 Å². The number of ether oxygens (including phenoxy) is 1. The minimum absolute atomic E-state index is 0.221. The molecule has 1 heterocycles. The highest BCUT2D eigenvalue weighted by molar-refractivity contribution is 7.18. The Balaban J connectivity index is 2.74. The largest absolute Gasteiger partial charge is 0.382 e. The molecule has 7 heteroatoms. The molecule has 1 rings (SSSR count).